The summed E-state index contributed by atoms with van der Waals surface area (Å²) in [6.07, 6.45) is 1.88. The molecule has 0 saturated heterocycles. The molecule has 0 bridgehead atoms. The van der Waals surface area contributed by atoms with Crippen molar-refractivity contribution in [1.29, 1.82) is 5.26 Å². The largest absolute Gasteiger partial charge is 0.352 e. The molecule has 0 unspecified atom stereocenters. The number of hydrogen-bond acceptors (Lipinski definition) is 1. The number of hydrogen-bond donors (Lipinski definition) is 1. The molecule has 1 heterocycles. The second-order valence-corrected chi connectivity index (χ2v) is 3.53. The molecule has 0 saturated carbocycles. The van der Waals surface area contributed by atoms with Crippen LogP contribution in [-0.2, 0) is 0 Å². The van der Waals surface area contributed by atoms with Gasteiger partial charge in [0, 0.05) is 17.0 Å². The lowest BCUT2D eigenvalue weighted by atomic mass is 10.0. The van der Waals surface area contributed by atoms with Crippen molar-refractivity contribution in [2.45, 2.75) is 0 Å². The van der Waals surface area contributed by atoms with Crippen molar-refractivity contribution in [2.75, 3.05) is 0 Å². The van der Waals surface area contributed by atoms with Crippen LogP contribution < -0.4 is 0 Å². The molecule has 0 aliphatic heterocycles. The summed E-state index contributed by atoms with van der Waals surface area (Å²) in [4.78, 5) is 2.99. The fourth-order valence-electron chi connectivity index (χ4n) is 2.00. The topological polar surface area (TPSA) is 39.6 Å². The standard InChI is InChI=1S/C13H8N2/c14-7-12-13-10(8-15-12)6-5-9-3-1-2-4-11(9)13/h1-6,8,15H. The highest BCUT2D eigenvalue weighted by molar-refractivity contribution is 6.09. The van der Waals surface area contributed by atoms with Crippen molar-refractivity contribution in [3.05, 3.63) is 48.3 Å². The number of fused-ring (bicyclic) bond motifs is 3. The second-order valence-electron chi connectivity index (χ2n) is 3.53. The Morgan fingerprint density at radius 3 is 2.67 bits per heavy atom. The van der Waals surface area contributed by atoms with Gasteiger partial charge >= 0.3 is 0 Å². The van der Waals surface area contributed by atoms with Crippen molar-refractivity contribution in [2.24, 2.45) is 0 Å². The van der Waals surface area contributed by atoms with Crippen LogP contribution in [0.4, 0.5) is 0 Å². The van der Waals surface area contributed by atoms with Gasteiger partial charge in [0.05, 0.1) is 0 Å². The molecule has 0 fully saturated rings. The van der Waals surface area contributed by atoms with Crippen LogP contribution in [0.15, 0.2) is 42.6 Å². The zero-order valence-corrected chi connectivity index (χ0v) is 7.99. The lowest BCUT2D eigenvalue weighted by molar-refractivity contribution is 1.35. The number of nitrogens with zero attached hydrogens (tertiary/aromatic N) is 1. The van der Waals surface area contributed by atoms with Gasteiger partial charge in [-0.3, -0.25) is 0 Å². The number of nitriles is 1. The highest BCUT2D eigenvalue weighted by atomic mass is 14.7. The predicted octanol–water partition coefficient (Wildman–Crippen LogP) is 3.19. The lowest BCUT2D eigenvalue weighted by Gasteiger charge is -1.98. The van der Waals surface area contributed by atoms with E-state index < -0.39 is 0 Å². The molecule has 3 aromatic rings. The van der Waals surface area contributed by atoms with Crippen LogP contribution in [0.25, 0.3) is 21.5 Å². The first-order chi connectivity index (χ1) is 7.40. The number of nitrogens with one attached hydrogen (secondary N) is 1. The summed E-state index contributed by atoms with van der Waals surface area (Å²) >= 11 is 0. The third-order valence-corrected chi connectivity index (χ3v) is 2.70. The Bertz CT molecular complexity index is 686. The van der Waals surface area contributed by atoms with Gasteiger partial charge in [-0.1, -0.05) is 36.4 Å². The number of aromatic amines is 1. The van der Waals surface area contributed by atoms with Crippen LogP contribution in [0.5, 0.6) is 0 Å². The van der Waals surface area contributed by atoms with Crippen molar-refractivity contribution in [3.8, 4) is 6.07 Å². The first kappa shape index (κ1) is 8.07. The number of benzene rings is 2. The first-order valence-corrected chi connectivity index (χ1v) is 4.79. The molecule has 0 aliphatic rings. The fourth-order valence-corrected chi connectivity index (χ4v) is 2.00. The average Bonchev–Trinajstić information content (AvgIpc) is 2.72. The van der Waals surface area contributed by atoms with E-state index in [0.717, 1.165) is 16.2 Å². The minimum Gasteiger partial charge on any atom is -0.352 e. The van der Waals surface area contributed by atoms with Gasteiger partial charge in [-0.2, -0.15) is 5.26 Å². The van der Waals surface area contributed by atoms with Crippen LogP contribution in [0, 0.1) is 11.3 Å². The van der Waals surface area contributed by atoms with Gasteiger partial charge in [0.15, 0.2) is 0 Å². The minimum absolute atomic E-state index is 0.641. The molecule has 0 aliphatic carbocycles. The van der Waals surface area contributed by atoms with E-state index >= 15 is 0 Å². The first-order valence-electron chi connectivity index (χ1n) is 4.79. The molecule has 1 N–H and O–H groups in total. The van der Waals surface area contributed by atoms with Crippen LogP contribution in [0.1, 0.15) is 5.69 Å². The van der Waals surface area contributed by atoms with Crippen LogP contribution in [-0.4, -0.2) is 4.98 Å². The Balaban J connectivity index is 2.63. The van der Waals surface area contributed by atoms with E-state index in [0.29, 0.717) is 5.69 Å². The van der Waals surface area contributed by atoms with Crippen LogP contribution in [0.3, 0.4) is 0 Å². The summed E-state index contributed by atoms with van der Waals surface area (Å²) in [5.74, 6) is 0. The van der Waals surface area contributed by atoms with Gasteiger partial charge in [-0.25, -0.2) is 0 Å². The van der Waals surface area contributed by atoms with Crippen LogP contribution in [0.2, 0.25) is 0 Å². The molecule has 2 heteroatoms. The molecule has 3 rings (SSSR count). The van der Waals surface area contributed by atoms with E-state index in [1.54, 1.807) is 0 Å². The van der Waals surface area contributed by atoms with Gasteiger partial charge in [-0.15, -0.1) is 0 Å². The molecule has 15 heavy (non-hydrogen) atoms. The molecule has 0 radical (unpaired) electrons. The third kappa shape index (κ3) is 1.04. The SMILES string of the molecule is N#Cc1[nH]cc2ccc3ccccc3c12. The minimum atomic E-state index is 0.641. The van der Waals surface area contributed by atoms with Gasteiger partial charge in [0.1, 0.15) is 11.8 Å². The van der Waals surface area contributed by atoms with Gasteiger partial charge in [0.25, 0.3) is 0 Å². The van der Waals surface area contributed by atoms with Crippen molar-refractivity contribution >= 4 is 21.5 Å². The van der Waals surface area contributed by atoms with E-state index in [9.17, 15) is 0 Å². The number of H-pyrrole nitrogens is 1. The Kier molecular flexibility index (Phi) is 1.54. The molecule has 2 nitrogen and oxygen atoms in total. The van der Waals surface area contributed by atoms with Crippen LogP contribution >= 0.6 is 0 Å². The van der Waals surface area contributed by atoms with Crippen molar-refractivity contribution < 1.29 is 0 Å². The van der Waals surface area contributed by atoms with E-state index in [2.05, 4.69) is 23.2 Å². The smallest absolute Gasteiger partial charge is 0.126 e. The fraction of sp³-hybridized carbons (Fsp3) is 0. The highest BCUT2D eigenvalue weighted by Crippen LogP contribution is 2.27. The zero-order chi connectivity index (χ0) is 10.3. The lowest BCUT2D eigenvalue weighted by Crippen LogP contribution is -1.76. The summed E-state index contributed by atoms with van der Waals surface area (Å²) < 4.78 is 0. The Morgan fingerprint density at radius 1 is 1.00 bits per heavy atom. The summed E-state index contributed by atoms with van der Waals surface area (Å²) in [7, 11) is 0. The van der Waals surface area contributed by atoms with E-state index in [4.69, 9.17) is 5.26 Å². The molecule has 0 atom stereocenters. The highest BCUT2D eigenvalue weighted by Gasteiger charge is 2.06. The molecule has 70 valence electrons. The maximum atomic E-state index is 9.00. The molecule has 1 aromatic heterocycles. The van der Waals surface area contributed by atoms with E-state index in [1.165, 1.54) is 5.39 Å². The maximum Gasteiger partial charge on any atom is 0.126 e. The molecular formula is C13H8N2. The van der Waals surface area contributed by atoms with Gasteiger partial charge in [0.2, 0.25) is 0 Å². The Hall–Kier alpha value is -2.27. The zero-order valence-electron chi connectivity index (χ0n) is 7.99. The average molecular weight is 192 g/mol. The van der Waals surface area contributed by atoms with Gasteiger partial charge < -0.3 is 4.98 Å². The Morgan fingerprint density at radius 2 is 1.80 bits per heavy atom. The molecular weight excluding hydrogens is 184 g/mol. The van der Waals surface area contributed by atoms with E-state index in [1.807, 2.05) is 30.5 Å². The summed E-state index contributed by atoms with van der Waals surface area (Å²) in [5, 5.41) is 13.4. The predicted molar refractivity (Wildman–Crippen MR) is 60.5 cm³/mol. The van der Waals surface area contributed by atoms with E-state index in [-0.39, 0.29) is 0 Å². The number of aromatic nitrogens is 1. The maximum absolute atomic E-state index is 9.00. The van der Waals surface area contributed by atoms with Gasteiger partial charge in [-0.05, 0) is 10.8 Å². The van der Waals surface area contributed by atoms with Crippen molar-refractivity contribution in [1.82, 2.24) is 4.98 Å². The monoisotopic (exact) mass is 192 g/mol. The summed E-state index contributed by atoms with van der Waals surface area (Å²) in [6, 6.07) is 14.4. The Labute approximate surface area is 86.8 Å². The summed E-state index contributed by atoms with van der Waals surface area (Å²) in [5.41, 5.74) is 0.641. The molecule has 0 amide bonds. The third-order valence-electron chi connectivity index (χ3n) is 2.70. The normalized spacial score (nSPS) is 10.6. The quantitative estimate of drug-likeness (QED) is 0.583. The number of rotatable bonds is 0. The second kappa shape index (κ2) is 2.86. The molecule has 2 aromatic carbocycles. The van der Waals surface area contributed by atoms with Crippen molar-refractivity contribution in [3.63, 3.8) is 0 Å². The molecule has 0 spiro atoms. The summed E-state index contributed by atoms with van der Waals surface area (Å²) in [6.45, 7) is 0.